The zero-order chi connectivity index (χ0) is 29.3. The standard InChI is InChI=1S/C28H29FN6O5S/c1-20-27(28(36)34(31(20)2)23-9-4-3-5-10-23)30-41(39,40)24-11-12-25(26(18-24)35(37)38)33-15-13-32(14-16-33)19-21-7-6-8-22(29)17-21/h3-12,17-18,30H,13-16,19H2,1-2H3. The molecule has 0 unspecified atom stereocenters. The smallest absolute Gasteiger partial charge is 0.296 e. The van der Waals surface area contributed by atoms with E-state index in [2.05, 4.69) is 9.62 Å². The molecular formula is C28H29FN6O5S. The molecule has 41 heavy (non-hydrogen) atoms. The minimum atomic E-state index is -4.33. The third-order valence-electron chi connectivity index (χ3n) is 7.25. The number of nitro groups is 1. The number of benzene rings is 3. The molecule has 1 aliphatic heterocycles. The number of piperazine rings is 1. The number of nitro benzene ring substituents is 1. The van der Waals surface area contributed by atoms with E-state index < -0.39 is 20.5 Å². The van der Waals surface area contributed by atoms with Crippen LogP contribution in [0.4, 0.5) is 21.5 Å². The number of rotatable bonds is 8. The van der Waals surface area contributed by atoms with Crippen molar-refractivity contribution in [2.75, 3.05) is 35.8 Å². The first kappa shape index (κ1) is 28.1. The van der Waals surface area contributed by atoms with Crippen molar-refractivity contribution < 1.29 is 17.7 Å². The first-order chi connectivity index (χ1) is 19.5. The highest BCUT2D eigenvalue weighted by Crippen LogP contribution is 2.32. The van der Waals surface area contributed by atoms with E-state index in [1.54, 1.807) is 50.4 Å². The van der Waals surface area contributed by atoms with Crippen molar-refractivity contribution in [3.8, 4) is 5.69 Å². The molecule has 0 bridgehead atoms. The number of sulfonamides is 1. The Morgan fingerprint density at radius 2 is 1.68 bits per heavy atom. The number of hydrogen-bond donors (Lipinski definition) is 1. The van der Waals surface area contributed by atoms with E-state index in [1.807, 2.05) is 11.0 Å². The quantitative estimate of drug-likeness (QED) is 0.249. The fourth-order valence-electron chi connectivity index (χ4n) is 5.00. The molecule has 0 atom stereocenters. The zero-order valence-corrected chi connectivity index (χ0v) is 23.3. The summed E-state index contributed by atoms with van der Waals surface area (Å²) in [6.07, 6.45) is 0. The van der Waals surface area contributed by atoms with Crippen LogP contribution in [-0.4, -0.2) is 53.8 Å². The summed E-state index contributed by atoms with van der Waals surface area (Å²) in [7, 11) is -2.69. The minimum Gasteiger partial charge on any atom is -0.363 e. The minimum absolute atomic E-state index is 0.141. The van der Waals surface area contributed by atoms with Crippen molar-refractivity contribution in [1.29, 1.82) is 0 Å². The van der Waals surface area contributed by atoms with E-state index >= 15 is 0 Å². The highest BCUT2D eigenvalue weighted by molar-refractivity contribution is 7.92. The van der Waals surface area contributed by atoms with Gasteiger partial charge in [-0.1, -0.05) is 30.3 Å². The topological polar surface area (TPSA) is 123 Å². The molecule has 1 aromatic heterocycles. The van der Waals surface area contributed by atoms with Gasteiger partial charge in [0.15, 0.2) is 0 Å². The summed E-state index contributed by atoms with van der Waals surface area (Å²) in [6.45, 7) is 4.30. The van der Waals surface area contributed by atoms with Crippen LogP contribution in [0, 0.1) is 22.9 Å². The number of para-hydroxylation sites is 1. The molecule has 5 rings (SSSR count). The summed E-state index contributed by atoms with van der Waals surface area (Å²) < 4.78 is 45.4. The molecular weight excluding hydrogens is 551 g/mol. The van der Waals surface area contributed by atoms with Gasteiger partial charge in [-0.3, -0.25) is 29.2 Å². The SMILES string of the molecule is Cc1c(NS(=O)(=O)c2ccc(N3CCN(Cc4cccc(F)c4)CC3)c([N+](=O)[O-])c2)c(=O)n(-c2ccccc2)n1C. The highest BCUT2D eigenvalue weighted by atomic mass is 32.2. The third-order valence-corrected chi connectivity index (χ3v) is 8.60. The van der Waals surface area contributed by atoms with Crippen molar-refractivity contribution in [2.45, 2.75) is 18.4 Å². The molecule has 1 fully saturated rings. The van der Waals surface area contributed by atoms with Gasteiger partial charge in [0.2, 0.25) is 0 Å². The average Bonchev–Trinajstić information content (AvgIpc) is 3.16. The zero-order valence-electron chi connectivity index (χ0n) is 22.5. The van der Waals surface area contributed by atoms with Crippen molar-refractivity contribution in [3.05, 3.63) is 110 Å². The number of nitrogens with zero attached hydrogens (tertiary/aromatic N) is 5. The van der Waals surface area contributed by atoms with Gasteiger partial charge in [-0.2, -0.15) is 0 Å². The Hall–Kier alpha value is -4.49. The lowest BCUT2D eigenvalue weighted by Crippen LogP contribution is -2.46. The van der Waals surface area contributed by atoms with Gasteiger partial charge in [0.05, 0.1) is 21.2 Å². The van der Waals surface area contributed by atoms with E-state index in [0.29, 0.717) is 49.8 Å². The molecule has 11 nitrogen and oxygen atoms in total. The monoisotopic (exact) mass is 580 g/mol. The van der Waals surface area contributed by atoms with Crippen LogP contribution in [0.15, 0.2) is 82.5 Å². The van der Waals surface area contributed by atoms with E-state index in [9.17, 15) is 27.7 Å². The average molecular weight is 581 g/mol. The van der Waals surface area contributed by atoms with Crippen molar-refractivity contribution in [1.82, 2.24) is 14.3 Å². The predicted molar refractivity (Wildman–Crippen MR) is 154 cm³/mol. The maximum Gasteiger partial charge on any atom is 0.296 e. The van der Waals surface area contributed by atoms with Gasteiger partial charge >= 0.3 is 0 Å². The Labute approximate surface area is 236 Å². The van der Waals surface area contributed by atoms with Crippen LogP contribution in [0.2, 0.25) is 0 Å². The molecule has 1 aliphatic rings. The van der Waals surface area contributed by atoms with Gasteiger partial charge in [-0.25, -0.2) is 17.5 Å². The normalized spacial score (nSPS) is 14.3. The van der Waals surface area contributed by atoms with Crippen LogP contribution in [0.25, 0.3) is 5.69 Å². The Morgan fingerprint density at radius 3 is 2.34 bits per heavy atom. The van der Waals surface area contributed by atoms with Crippen molar-refractivity contribution in [3.63, 3.8) is 0 Å². The molecule has 4 aromatic rings. The molecule has 0 amide bonds. The van der Waals surface area contributed by atoms with Gasteiger partial charge in [0, 0.05) is 45.8 Å². The summed E-state index contributed by atoms with van der Waals surface area (Å²) in [5.74, 6) is -0.300. The Balaban J connectivity index is 1.36. The molecule has 3 aromatic carbocycles. The van der Waals surface area contributed by atoms with E-state index in [1.165, 1.54) is 33.6 Å². The largest absolute Gasteiger partial charge is 0.363 e. The van der Waals surface area contributed by atoms with E-state index in [0.717, 1.165) is 11.6 Å². The second-order valence-electron chi connectivity index (χ2n) is 9.84. The Morgan fingerprint density at radius 1 is 0.976 bits per heavy atom. The molecule has 2 heterocycles. The van der Waals surface area contributed by atoms with Gasteiger partial charge < -0.3 is 4.90 Å². The maximum atomic E-state index is 13.5. The van der Waals surface area contributed by atoms with Crippen LogP contribution in [0.1, 0.15) is 11.3 Å². The summed E-state index contributed by atoms with van der Waals surface area (Å²) >= 11 is 0. The molecule has 1 N–H and O–H groups in total. The molecule has 0 spiro atoms. The molecule has 1 saturated heterocycles. The molecule has 0 aliphatic carbocycles. The summed E-state index contributed by atoms with van der Waals surface area (Å²) in [5.41, 5.74) is 1.03. The van der Waals surface area contributed by atoms with Gasteiger partial charge in [0.1, 0.15) is 17.2 Å². The molecule has 0 radical (unpaired) electrons. The van der Waals surface area contributed by atoms with Crippen molar-refractivity contribution in [2.24, 2.45) is 7.05 Å². The third kappa shape index (κ3) is 5.72. The van der Waals surface area contributed by atoms with E-state index in [-0.39, 0.29) is 22.1 Å². The fourth-order valence-corrected chi connectivity index (χ4v) is 6.14. The number of halogens is 1. The van der Waals surface area contributed by atoms with E-state index in [4.69, 9.17) is 0 Å². The molecule has 0 saturated carbocycles. The van der Waals surface area contributed by atoms with Crippen LogP contribution in [0.3, 0.4) is 0 Å². The second-order valence-corrected chi connectivity index (χ2v) is 11.5. The lowest BCUT2D eigenvalue weighted by Gasteiger charge is -2.35. The maximum absolute atomic E-state index is 13.5. The number of nitrogens with one attached hydrogen (secondary N) is 1. The lowest BCUT2D eigenvalue weighted by molar-refractivity contribution is -0.384. The first-order valence-corrected chi connectivity index (χ1v) is 14.4. The lowest BCUT2D eigenvalue weighted by atomic mass is 10.1. The summed E-state index contributed by atoms with van der Waals surface area (Å²) in [6, 6.07) is 18.9. The second kappa shape index (κ2) is 11.2. The van der Waals surface area contributed by atoms with Crippen molar-refractivity contribution >= 4 is 27.1 Å². The molecule has 13 heteroatoms. The van der Waals surface area contributed by atoms with Gasteiger partial charge in [-0.15, -0.1) is 0 Å². The van der Waals surface area contributed by atoms with Crippen LogP contribution in [-0.2, 0) is 23.6 Å². The summed E-state index contributed by atoms with van der Waals surface area (Å²) in [5, 5.41) is 12.0. The Kier molecular flexibility index (Phi) is 7.65. The molecule has 214 valence electrons. The highest BCUT2D eigenvalue weighted by Gasteiger charge is 2.28. The fraction of sp³-hybridized carbons (Fsp3) is 0.250. The van der Waals surface area contributed by atoms with Crippen LogP contribution >= 0.6 is 0 Å². The number of hydrogen-bond acceptors (Lipinski definition) is 7. The van der Waals surface area contributed by atoms with Crippen LogP contribution < -0.4 is 15.2 Å². The number of anilines is 2. The number of aromatic nitrogens is 2. The van der Waals surface area contributed by atoms with Crippen LogP contribution in [0.5, 0.6) is 0 Å². The van der Waals surface area contributed by atoms with Gasteiger partial charge in [-0.05, 0) is 48.9 Å². The summed E-state index contributed by atoms with van der Waals surface area (Å²) in [4.78, 5) is 28.2. The Bertz CT molecular complexity index is 1760. The van der Waals surface area contributed by atoms with Gasteiger partial charge in [0.25, 0.3) is 21.3 Å². The predicted octanol–water partition coefficient (Wildman–Crippen LogP) is 3.65. The first-order valence-electron chi connectivity index (χ1n) is 12.9.